The lowest BCUT2D eigenvalue weighted by molar-refractivity contribution is -0.119. The highest BCUT2D eigenvalue weighted by Gasteiger charge is 2.34. The molecule has 1 aromatic carbocycles. The number of ether oxygens (including phenoxy) is 1. The Balaban J connectivity index is 1.78. The molecule has 1 aliphatic carbocycles. The topological polar surface area (TPSA) is 75.7 Å². The molecule has 0 saturated heterocycles. The number of rotatable bonds is 6. The number of carbonyl (C=O) groups excluding carboxylic acids is 1. The van der Waals surface area contributed by atoms with Crippen LogP contribution in [0.25, 0.3) is 0 Å². The van der Waals surface area contributed by atoms with Crippen LogP contribution >= 0.6 is 0 Å². The molecule has 2 atom stereocenters. The highest BCUT2D eigenvalue weighted by atomic mass is 32.2. The number of methoxy groups -OCH3 is 1. The monoisotopic (exact) mass is 352 g/mol. The molecule has 0 radical (unpaired) electrons. The van der Waals surface area contributed by atoms with E-state index in [0.717, 1.165) is 24.1 Å². The zero-order valence-electron chi connectivity index (χ0n) is 14.3. The van der Waals surface area contributed by atoms with Gasteiger partial charge in [0.2, 0.25) is 15.9 Å². The lowest BCUT2D eigenvalue weighted by Crippen LogP contribution is -2.32. The number of amides is 1. The summed E-state index contributed by atoms with van der Waals surface area (Å²) in [5, 5.41) is 0. The predicted molar refractivity (Wildman–Crippen MR) is 93.8 cm³/mol. The summed E-state index contributed by atoms with van der Waals surface area (Å²) >= 11 is 0. The number of hydrogen-bond acceptors (Lipinski definition) is 4. The number of fused-ring (bicyclic) bond motifs is 1. The van der Waals surface area contributed by atoms with Gasteiger partial charge in [0, 0.05) is 32.0 Å². The van der Waals surface area contributed by atoms with Crippen LogP contribution in [0.1, 0.15) is 37.7 Å². The van der Waals surface area contributed by atoms with Gasteiger partial charge in [-0.05, 0) is 48.4 Å². The van der Waals surface area contributed by atoms with Crippen molar-refractivity contribution in [2.24, 2.45) is 5.92 Å². The van der Waals surface area contributed by atoms with Crippen molar-refractivity contribution in [2.45, 2.75) is 38.2 Å². The maximum Gasteiger partial charge on any atom is 0.235 e. The summed E-state index contributed by atoms with van der Waals surface area (Å²) in [7, 11) is -0.168. The van der Waals surface area contributed by atoms with Crippen molar-refractivity contribution in [3.8, 4) is 0 Å². The summed E-state index contributed by atoms with van der Waals surface area (Å²) in [6.45, 7) is 1.98. The van der Waals surface area contributed by atoms with Crippen molar-refractivity contribution in [3.05, 3.63) is 23.8 Å². The molecule has 1 saturated carbocycles. The molecular formula is C17H24N2O4S. The molecule has 132 valence electrons. The maximum absolute atomic E-state index is 12.4. The van der Waals surface area contributed by atoms with E-state index in [1.165, 1.54) is 0 Å². The summed E-state index contributed by atoms with van der Waals surface area (Å²) in [5.74, 6) is 0.482. The van der Waals surface area contributed by atoms with Crippen LogP contribution in [0.5, 0.6) is 0 Å². The largest absolute Gasteiger partial charge is 0.380 e. The van der Waals surface area contributed by atoms with Gasteiger partial charge < -0.3 is 9.64 Å². The lowest BCUT2D eigenvalue weighted by atomic mass is 9.91. The van der Waals surface area contributed by atoms with Gasteiger partial charge in [-0.15, -0.1) is 0 Å². The van der Waals surface area contributed by atoms with Gasteiger partial charge in [-0.3, -0.25) is 9.52 Å². The number of anilines is 2. The van der Waals surface area contributed by atoms with Gasteiger partial charge in [-0.1, -0.05) is 6.92 Å². The second-order valence-corrected chi connectivity index (χ2v) is 8.59. The molecule has 24 heavy (non-hydrogen) atoms. The molecule has 1 N–H and O–H groups in total. The van der Waals surface area contributed by atoms with E-state index in [2.05, 4.69) is 4.72 Å². The summed E-state index contributed by atoms with van der Waals surface area (Å²) < 4.78 is 32.8. The lowest BCUT2D eigenvalue weighted by Gasteiger charge is -2.30. The Morgan fingerprint density at radius 1 is 1.38 bits per heavy atom. The number of hydrogen-bond donors (Lipinski definition) is 1. The van der Waals surface area contributed by atoms with Gasteiger partial charge in [0.1, 0.15) is 0 Å². The van der Waals surface area contributed by atoms with Crippen LogP contribution in [-0.4, -0.2) is 40.3 Å². The van der Waals surface area contributed by atoms with Crippen molar-refractivity contribution in [2.75, 3.05) is 29.5 Å². The zero-order chi connectivity index (χ0) is 17.5. The van der Waals surface area contributed by atoms with Crippen LogP contribution in [0.2, 0.25) is 0 Å². The van der Waals surface area contributed by atoms with Gasteiger partial charge in [0.15, 0.2) is 0 Å². The van der Waals surface area contributed by atoms with Crippen LogP contribution in [0, 0.1) is 5.92 Å². The Bertz CT molecular complexity index is 743. The molecule has 1 aliphatic heterocycles. The highest BCUT2D eigenvalue weighted by molar-refractivity contribution is 7.92. The highest BCUT2D eigenvalue weighted by Crippen LogP contribution is 2.37. The molecule has 0 bridgehead atoms. The molecule has 6 nitrogen and oxygen atoms in total. The standard InChI is InChI=1S/C17H24N2O4S/c1-11-8-17(20)19(2)15-7-6-13(9-14(11)15)18-24(21,22)10-16(23-3)12-4-5-12/h6-7,9,11-12,16,18H,4-5,8,10H2,1-3H3. The number of carbonyl (C=O) groups is 1. The molecule has 1 fully saturated rings. The Hall–Kier alpha value is -1.60. The molecule has 2 aliphatic rings. The van der Waals surface area contributed by atoms with Crippen molar-refractivity contribution < 1.29 is 17.9 Å². The van der Waals surface area contributed by atoms with E-state index >= 15 is 0 Å². The zero-order valence-corrected chi connectivity index (χ0v) is 15.1. The van der Waals surface area contributed by atoms with Gasteiger partial charge in [0.25, 0.3) is 0 Å². The van der Waals surface area contributed by atoms with Gasteiger partial charge in [0.05, 0.1) is 11.9 Å². The van der Waals surface area contributed by atoms with Gasteiger partial charge in [-0.2, -0.15) is 0 Å². The maximum atomic E-state index is 12.4. The summed E-state index contributed by atoms with van der Waals surface area (Å²) in [4.78, 5) is 13.5. The third kappa shape index (κ3) is 3.57. The molecule has 0 spiro atoms. The molecule has 7 heteroatoms. The number of benzene rings is 1. The second kappa shape index (κ2) is 6.37. The first kappa shape index (κ1) is 17.2. The summed E-state index contributed by atoms with van der Waals surface area (Å²) in [6.07, 6.45) is 2.26. The van der Waals surface area contributed by atoms with Crippen molar-refractivity contribution in [1.29, 1.82) is 0 Å². The minimum atomic E-state index is -3.47. The third-order valence-corrected chi connectivity index (χ3v) is 6.20. The molecule has 1 amide bonds. The van der Waals surface area contributed by atoms with E-state index in [-0.39, 0.29) is 23.7 Å². The van der Waals surface area contributed by atoms with Crippen LogP contribution in [0.4, 0.5) is 11.4 Å². The van der Waals surface area contributed by atoms with E-state index in [1.807, 2.05) is 13.0 Å². The molecule has 1 heterocycles. The van der Waals surface area contributed by atoms with Crippen molar-refractivity contribution >= 4 is 27.3 Å². The van der Waals surface area contributed by atoms with Crippen LogP contribution in [-0.2, 0) is 19.6 Å². The average molecular weight is 352 g/mol. The molecule has 1 aromatic rings. The van der Waals surface area contributed by atoms with Crippen LogP contribution in [0.15, 0.2) is 18.2 Å². The van der Waals surface area contributed by atoms with E-state index < -0.39 is 10.0 Å². The minimum absolute atomic E-state index is 0.0286. The molecule has 2 unspecified atom stereocenters. The smallest absolute Gasteiger partial charge is 0.235 e. The fraction of sp³-hybridized carbons (Fsp3) is 0.588. The SMILES string of the molecule is COC(CS(=O)(=O)Nc1ccc2c(c1)C(C)CC(=O)N2C)C1CC1. The molecule has 3 rings (SSSR count). The van der Waals surface area contributed by atoms with E-state index in [9.17, 15) is 13.2 Å². The summed E-state index contributed by atoms with van der Waals surface area (Å²) in [5.41, 5.74) is 2.37. The Labute approximate surface area is 143 Å². The quantitative estimate of drug-likeness (QED) is 0.852. The van der Waals surface area contributed by atoms with E-state index in [4.69, 9.17) is 4.74 Å². The minimum Gasteiger partial charge on any atom is -0.380 e. The first-order valence-electron chi connectivity index (χ1n) is 8.24. The first-order chi connectivity index (χ1) is 11.3. The van der Waals surface area contributed by atoms with E-state index in [0.29, 0.717) is 18.0 Å². The number of sulfonamides is 1. The number of nitrogens with zero attached hydrogens (tertiary/aromatic N) is 1. The summed E-state index contributed by atoms with van der Waals surface area (Å²) in [6, 6.07) is 5.34. The number of nitrogens with one attached hydrogen (secondary N) is 1. The van der Waals surface area contributed by atoms with Crippen LogP contribution in [0.3, 0.4) is 0 Å². The van der Waals surface area contributed by atoms with Gasteiger partial charge >= 0.3 is 0 Å². The van der Waals surface area contributed by atoms with Crippen molar-refractivity contribution in [3.63, 3.8) is 0 Å². The second-order valence-electron chi connectivity index (χ2n) is 6.83. The predicted octanol–water partition coefficient (Wildman–Crippen LogP) is 2.32. The molecule has 0 aromatic heterocycles. The van der Waals surface area contributed by atoms with Crippen molar-refractivity contribution in [1.82, 2.24) is 0 Å². The Morgan fingerprint density at radius 2 is 2.08 bits per heavy atom. The fourth-order valence-corrected chi connectivity index (χ4v) is 4.67. The molecular weight excluding hydrogens is 328 g/mol. The van der Waals surface area contributed by atoms with E-state index in [1.54, 1.807) is 31.2 Å². The first-order valence-corrected chi connectivity index (χ1v) is 9.89. The van der Waals surface area contributed by atoms with Crippen LogP contribution < -0.4 is 9.62 Å². The Kier molecular flexibility index (Phi) is 4.57. The fourth-order valence-electron chi connectivity index (χ4n) is 3.26. The average Bonchev–Trinajstić information content (AvgIpc) is 3.35. The Morgan fingerprint density at radius 3 is 2.71 bits per heavy atom. The van der Waals surface area contributed by atoms with Gasteiger partial charge in [-0.25, -0.2) is 8.42 Å². The third-order valence-electron chi connectivity index (χ3n) is 4.88. The normalized spacial score (nSPS) is 22.2.